The van der Waals surface area contributed by atoms with E-state index in [1.165, 1.54) is 0 Å². The number of carbonyl (C=O) groups excluding carboxylic acids is 3. The highest BCUT2D eigenvalue weighted by atomic mass is 16.5. The van der Waals surface area contributed by atoms with E-state index in [1.54, 1.807) is 24.1 Å². The van der Waals surface area contributed by atoms with Gasteiger partial charge in [0.05, 0.1) is 17.5 Å². The van der Waals surface area contributed by atoms with Gasteiger partial charge >= 0.3 is 0 Å². The van der Waals surface area contributed by atoms with Crippen LogP contribution in [0.25, 0.3) is 0 Å². The third-order valence-corrected chi connectivity index (χ3v) is 7.24. The zero-order valence-electron chi connectivity index (χ0n) is 20.9. The molecule has 1 fully saturated rings. The summed E-state index contributed by atoms with van der Waals surface area (Å²) >= 11 is 0. The van der Waals surface area contributed by atoms with Gasteiger partial charge in [0.2, 0.25) is 5.91 Å². The van der Waals surface area contributed by atoms with Crippen LogP contribution in [-0.2, 0) is 9.59 Å². The highest BCUT2D eigenvalue weighted by molar-refractivity contribution is 5.97. The van der Waals surface area contributed by atoms with E-state index in [-0.39, 0.29) is 30.9 Å². The van der Waals surface area contributed by atoms with Crippen LogP contribution in [0.15, 0.2) is 54.6 Å². The predicted octanol–water partition coefficient (Wildman–Crippen LogP) is 3.13. The lowest BCUT2D eigenvalue weighted by Gasteiger charge is -2.40. The molecule has 36 heavy (non-hydrogen) atoms. The monoisotopic (exact) mass is 493 g/mol. The van der Waals surface area contributed by atoms with Crippen LogP contribution in [0, 0.1) is 5.41 Å². The topological polar surface area (TPSA) is 88.2 Å². The Balaban J connectivity index is 1.51. The fourth-order valence-electron chi connectivity index (χ4n) is 5.08. The van der Waals surface area contributed by atoms with Gasteiger partial charge in [0.1, 0.15) is 18.1 Å². The van der Waals surface area contributed by atoms with Gasteiger partial charge < -0.3 is 24.6 Å². The number of rotatable bonds is 4. The van der Waals surface area contributed by atoms with E-state index in [4.69, 9.17) is 9.47 Å². The Hall–Kier alpha value is -3.55. The van der Waals surface area contributed by atoms with Crippen molar-refractivity contribution in [1.29, 1.82) is 0 Å². The number of hydrogen-bond donors (Lipinski definition) is 1. The molecule has 1 N–H and O–H groups in total. The van der Waals surface area contributed by atoms with E-state index >= 15 is 0 Å². The van der Waals surface area contributed by atoms with Crippen LogP contribution >= 0.6 is 0 Å². The molecule has 2 bridgehead atoms. The van der Waals surface area contributed by atoms with Crippen LogP contribution in [0.1, 0.15) is 42.5 Å². The molecule has 2 aromatic rings. The summed E-state index contributed by atoms with van der Waals surface area (Å²) in [5, 5.41) is 2.84. The van der Waals surface area contributed by atoms with E-state index in [0.29, 0.717) is 56.1 Å². The van der Waals surface area contributed by atoms with Crippen molar-refractivity contribution in [2.24, 2.45) is 5.41 Å². The van der Waals surface area contributed by atoms with Gasteiger partial charge in [0, 0.05) is 26.7 Å². The fourth-order valence-corrected chi connectivity index (χ4v) is 5.08. The summed E-state index contributed by atoms with van der Waals surface area (Å²) in [7, 11) is 1.67. The zero-order chi connectivity index (χ0) is 25.4. The summed E-state index contributed by atoms with van der Waals surface area (Å²) in [6, 6.07) is 16.5. The van der Waals surface area contributed by atoms with E-state index in [1.807, 2.05) is 47.4 Å². The number of piperidine rings is 1. The van der Waals surface area contributed by atoms with Crippen molar-refractivity contribution < 1.29 is 23.9 Å². The Labute approximate surface area is 212 Å². The van der Waals surface area contributed by atoms with E-state index in [2.05, 4.69) is 5.32 Å². The SMILES string of the molecule is CNC(=O)C12CCCCN(C(=O)COc3ccccc3)CCOc3ccccc3C(=O)N(CC1)CC2. The molecule has 2 aromatic carbocycles. The molecule has 192 valence electrons. The first kappa shape index (κ1) is 25.5. The molecular formula is C28H35N3O5. The molecule has 0 atom stereocenters. The van der Waals surface area contributed by atoms with Gasteiger partial charge in [-0.2, -0.15) is 0 Å². The summed E-state index contributed by atoms with van der Waals surface area (Å²) in [5.74, 6) is 0.978. The smallest absolute Gasteiger partial charge is 0.260 e. The van der Waals surface area contributed by atoms with Gasteiger partial charge in [-0.05, 0) is 49.9 Å². The number of nitrogens with zero attached hydrogens (tertiary/aromatic N) is 2. The molecule has 8 nitrogen and oxygen atoms in total. The van der Waals surface area contributed by atoms with Crippen LogP contribution in [0.2, 0.25) is 0 Å². The zero-order valence-corrected chi connectivity index (χ0v) is 20.9. The van der Waals surface area contributed by atoms with Crippen molar-refractivity contribution >= 4 is 17.7 Å². The second-order valence-electron chi connectivity index (χ2n) is 9.44. The first-order chi connectivity index (χ1) is 17.5. The number of hydrogen-bond acceptors (Lipinski definition) is 5. The quantitative estimate of drug-likeness (QED) is 0.707. The van der Waals surface area contributed by atoms with Crippen LogP contribution in [0.4, 0.5) is 0 Å². The molecule has 1 saturated heterocycles. The average molecular weight is 494 g/mol. The lowest BCUT2D eigenvalue weighted by Crippen LogP contribution is -2.49. The third-order valence-electron chi connectivity index (χ3n) is 7.24. The molecular weight excluding hydrogens is 458 g/mol. The van der Waals surface area contributed by atoms with Gasteiger partial charge in [-0.15, -0.1) is 0 Å². The summed E-state index contributed by atoms with van der Waals surface area (Å²) in [5.41, 5.74) is 0.0117. The molecule has 3 amide bonds. The van der Waals surface area contributed by atoms with E-state index in [0.717, 1.165) is 19.3 Å². The number of ether oxygens (including phenoxy) is 2. The Morgan fingerprint density at radius 1 is 0.944 bits per heavy atom. The number of para-hydroxylation sites is 2. The van der Waals surface area contributed by atoms with Crippen LogP contribution < -0.4 is 14.8 Å². The Kier molecular flexibility index (Phi) is 8.46. The lowest BCUT2D eigenvalue weighted by atomic mass is 9.73. The normalized spacial score (nSPS) is 18.3. The van der Waals surface area contributed by atoms with Gasteiger partial charge in [0.15, 0.2) is 6.61 Å². The van der Waals surface area contributed by atoms with Gasteiger partial charge in [-0.1, -0.05) is 36.8 Å². The van der Waals surface area contributed by atoms with Crippen molar-refractivity contribution in [1.82, 2.24) is 15.1 Å². The van der Waals surface area contributed by atoms with Crippen molar-refractivity contribution in [3.05, 3.63) is 60.2 Å². The van der Waals surface area contributed by atoms with Crippen molar-refractivity contribution in [2.45, 2.75) is 32.1 Å². The number of fused-ring (bicyclic) bond motifs is 9. The minimum Gasteiger partial charge on any atom is -0.491 e. The van der Waals surface area contributed by atoms with Gasteiger partial charge in [-0.3, -0.25) is 14.4 Å². The largest absolute Gasteiger partial charge is 0.491 e. The maximum Gasteiger partial charge on any atom is 0.260 e. The lowest BCUT2D eigenvalue weighted by molar-refractivity contribution is -0.135. The molecule has 5 rings (SSSR count). The molecule has 3 aliphatic heterocycles. The summed E-state index contributed by atoms with van der Waals surface area (Å²) in [4.78, 5) is 42.8. The average Bonchev–Trinajstić information content (AvgIpc) is 2.93. The van der Waals surface area contributed by atoms with Crippen molar-refractivity contribution in [3.8, 4) is 11.5 Å². The molecule has 0 aromatic heterocycles. The molecule has 3 aliphatic rings. The summed E-state index contributed by atoms with van der Waals surface area (Å²) in [6.45, 7) is 2.20. The minimum atomic E-state index is -0.493. The van der Waals surface area contributed by atoms with Crippen LogP contribution in [-0.4, -0.2) is 74.0 Å². The standard InChI is InChI=1S/C28H35N3O5/c1-29-27(34)28-13-7-8-16-30(25(32)21-36-22-9-3-2-4-10-22)19-20-35-24-12-6-5-11-23(24)26(33)31(17-14-28)18-15-28/h2-6,9-12H,7-8,13-21H2,1H3,(H,29,34). The molecule has 0 unspecified atom stereocenters. The minimum absolute atomic E-state index is 0.0341. The maximum absolute atomic E-state index is 13.3. The number of benzene rings is 2. The second kappa shape index (κ2) is 11.9. The van der Waals surface area contributed by atoms with Crippen molar-refractivity contribution in [2.75, 3.05) is 46.4 Å². The van der Waals surface area contributed by atoms with Crippen LogP contribution in [0.3, 0.4) is 0 Å². The summed E-state index contributed by atoms with van der Waals surface area (Å²) < 4.78 is 11.7. The van der Waals surface area contributed by atoms with Gasteiger partial charge in [-0.25, -0.2) is 0 Å². The molecule has 0 spiro atoms. The number of carbonyl (C=O) groups is 3. The summed E-state index contributed by atoms with van der Waals surface area (Å²) in [6.07, 6.45) is 3.55. The number of amides is 3. The molecule has 8 heteroatoms. The van der Waals surface area contributed by atoms with E-state index < -0.39 is 5.41 Å². The highest BCUT2D eigenvalue weighted by Crippen LogP contribution is 2.38. The third kappa shape index (κ3) is 5.98. The molecule has 0 aliphatic carbocycles. The molecule has 0 saturated carbocycles. The Morgan fingerprint density at radius 3 is 2.42 bits per heavy atom. The highest BCUT2D eigenvalue weighted by Gasteiger charge is 2.41. The second-order valence-corrected chi connectivity index (χ2v) is 9.44. The predicted molar refractivity (Wildman–Crippen MR) is 136 cm³/mol. The first-order valence-electron chi connectivity index (χ1n) is 12.7. The van der Waals surface area contributed by atoms with E-state index in [9.17, 15) is 14.4 Å². The maximum atomic E-state index is 13.3. The molecule has 0 radical (unpaired) electrons. The first-order valence-corrected chi connectivity index (χ1v) is 12.7. The Morgan fingerprint density at radius 2 is 1.67 bits per heavy atom. The molecule has 3 heterocycles. The fraction of sp³-hybridized carbons (Fsp3) is 0.464. The number of nitrogens with one attached hydrogen (secondary N) is 1. The Bertz CT molecular complexity index is 1050. The van der Waals surface area contributed by atoms with Crippen LogP contribution in [0.5, 0.6) is 11.5 Å². The van der Waals surface area contributed by atoms with Crippen molar-refractivity contribution in [3.63, 3.8) is 0 Å². The van der Waals surface area contributed by atoms with Gasteiger partial charge in [0.25, 0.3) is 11.8 Å².